The Balaban J connectivity index is 2.05. The number of nitrogens with zero attached hydrogens (tertiary/aromatic N) is 1. The average molecular weight is 346 g/mol. The Labute approximate surface area is 126 Å². The molecule has 110 valence electrons. The second-order valence-corrected chi connectivity index (χ2v) is 5.92. The summed E-state index contributed by atoms with van der Waals surface area (Å²) in [7, 11) is 0. The first-order valence-electron chi connectivity index (χ1n) is 6.91. The Morgan fingerprint density at radius 2 is 2.15 bits per heavy atom. The summed E-state index contributed by atoms with van der Waals surface area (Å²) in [5.41, 5.74) is 0.263. The molecule has 0 saturated carbocycles. The Hall–Kier alpha value is -0.970. The van der Waals surface area contributed by atoms with Crippen LogP contribution in [0.2, 0.25) is 0 Å². The molecule has 1 amide bonds. The van der Waals surface area contributed by atoms with Gasteiger partial charge in [0.15, 0.2) is 0 Å². The van der Waals surface area contributed by atoms with Crippen molar-refractivity contribution in [2.45, 2.75) is 38.1 Å². The minimum absolute atomic E-state index is 0.00486. The van der Waals surface area contributed by atoms with Crippen LogP contribution in [0.15, 0.2) is 18.2 Å². The highest BCUT2D eigenvalue weighted by molar-refractivity contribution is 9.09. The number of benzene rings is 1. The predicted molar refractivity (Wildman–Crippen MR) is 77.8 cm³/mol. The molecule has 1 atom stereocenters. The van der Waals surface area contributed by atoms with Crippen LogP contribution in [0.25, 0.3) is 0 Å². The first-order chi connectivity index (χ1) is 9.61. The van der Waals surface area contributed by atoms with Crippen molar-refractivity contribution in [3.63, 3.8) is 0 Å². The van der Waals surface area contributed by atoms with E-state index in [9.17, 15) is 13.6 Å². The zero-order valence-corrected chi connectivity index (χ0v) is 12.8. The van der Waals surface area contributed by atoms with E-state index >= 15 is 0 Å². The third kappa shape index (κ3) is 3.78. The molecule has 1 aliphatic heterocycles. The summed E-state index contributed by atoms with van der Waals surface area (Å²) in [6, 6.07) is 3.61. The van der Waals surface area contributed by atoms with Crippen LogP contribution in [0.1, 0.15) is 31.2 Å². The summed E-state index contributed by atoms with van der Waals surface area (Å²) in [4.78, 5) is 14.2. The number of carbonyl (C=O) groups is 1. The van der Waals surface area contributed by atoms with Crippen LogP contribution in [-0.4, -0.2) is 28.7 Å². The maximum atomic E-state index is 13.6. The fraction of sp³-hybridized carbons (Fsp3) is 0.533. The smallest absolute Gasteiger partial charge is 0.227 e. The molecule has 0 spiro atoms. The fourth-order valence-electron chi connectivity index (χ4n) is 2.68. The maximum Gasteiger partial charge on any atom is 0.227 e. The molecule has 0 aromatic heterocycles. The Morgan fingerprint density at radius 3 is 2.85 bits per heavy atom. The van der Waals surface area contributed by atoms with Crippen LogP contribution < -0.4 is 0 Å². The van der Waals surface area contributed by atoms with Gasteiger partial charge in [0.05, 0.1) is 6.42 Å². The summed E-state index contributed by atoms with van der Waals surface area (Å²) in [6.07, 6.45) is 4.05. The highest BCUT2D eigenvalue weighted by Gasteiger charge is 2.26. The lowest BCUT2D eigenvalue weighted by molar-refractivity contribution is -0.134. The standard InChI is InChI=1S/C15H18BrF2NO/c16-7-6-13-3-1-2-8-19(13)15(20)9-11-4-5-12(17)10-14(11)18/h4-5,10,13H,1-3,6-9H2. The summed E-state index contributed by atoms with van der Waals surface area (Å²) < 4.78 is 26.5. The molecule has 2 nitrogen and oxygen atoms in total. The number of hydrogen-bond donors (Lipinski definition) is 0. The predicted octanol–water partition coefficient (Wildman–Crippen LogP) is 3.67. The second-order valence-electron chi connectivity index (χ2n) is 5.13. The summed E-state index contributed by atoms with van der Waals surface area (Å²) >= 11 is 3.41. The number of likely N-dealkylation sites (tertiary alicyclic amines) is 1. The number of hydrogen-bond acceptors (Lipinski definition) is 1. The van der Waals surface area contributed by atoms with Gasteiger partial charge in [0.2, 0.25) is 5.91 Å². The number of piperidine rings is 1. The van der Waals surface area contributed by atoms with E-state index in [1.165, 1.54) is 12.1 Å². The van der Waals surface area contributed by atoms with Crippen molar-refractivity contribution < 1.29 is 13.6 Å². The number of rotatable bonds is 4. The molecule has 2 rings (SSSR count). The van der Waals surface area contributed by atoms with E-state index in [-0.39, 0.29) is 23.9 Å². The molecule has 0 N–H and O–H groups in total. The quantitative estimate of drug-likeness (QED) is 0.762. The highest BCUT2D eigenvalue weighted by Crippen LogP contribution is 2.22. The topological polar surface area (TPSA) is 20.3 Å². The van der Waals surface area contributed by atoms with Crippen molar-refractivity contribution in [1.29, 1.82) is 0 Å². The van der Waals surface area contributed by atoms with E-state index in [1.54, 1.807) is 0 Å². The molecule has 0 radical (unpaired) electrons. The molecule has 20 heavy (non-hydrogen) atoms. The molecule has 1 aromatic carbocycles. The normalized spacial score (nSPS) is 19.1. The molecule has 5 heteroatoms. The van der Waals surface area contributed by atoms with Crippen LogP contribution in [0.4, 0.5) is 8.78 Å². The Bertz CT molecular complexity index is 479. The lowest BCUT2D eigenvalue weighted by Gasteiger charge is -2.35. The van der Waals surface area contributed by atoms with E-state index in [0.29, 0.717) is 0 Å². The molecule has 1 aliphatic rings. The molecule has 0 aliphatic carbocycles. The van der Waals surface area contributed by atoms with Crippen molar-refractivity contribution in [3.05, 3.63) is 35.4 Å². The van der Waals surface area contributed by atoms with Gasteiger partial charge in [0, 0.05) is 24.0 Å². The van der Waals surface area contributed by atoms with Crippen molar-refractivity contribution in [1.82, 2.24) is 4.90 Å². The molecule has 1 aromatic rings. The molecular weight excluding hydrogens is 328 g/mol. The minimum atomic E-state index is -0.646. The summed E-state index contributed by atoms with van der Waals surface area (Å²) in [5.74, 6) is -1.33. The monoisotopic (exact) mass is 345 g/mol. The number of alkyl halides is 1. The highest BCUT2D eigenvalue weighted by atomic mass is 79.9. The van der Waals surface area contributed by atoms with Gasteiger partial charge in [0.25, 0.3) is 0 Å². The van der Waals surface area contributed by atoms with E-state index in [1.807, 2.05) is 4.90 Å². The van der Waals surface area contributed by atoms with E-state index < -0.39 is 11.6 Å². The van der Waals surface area contributed by atoms with E-state index in [0.717, 1.165) is 43.6 Å². The molecular formula is C15H18BrF2NO. The first kappa shape index (κ1) is 15.4. The van der Waals surface area contributed by atoms with Crippen molar-refractivity contribution in [3.8, 4) is 0 Å². The van der Waals surface area contributed by atoms with Gasteiger partial charge in [0.1, 0.15) is 11.6 Å². The van der Waals surface area contributed by atoms with Gasteiger partial charge >= 0.3 is 0 Å². The van der Waals surface area contributed by atoms with Gasteiger partial charge in [-0.25, -0.2) is 8.78 Å². The maximum absolute atomic E-state index is 13.6. The van der Waals surface area contributed by atoms with E-state index in [4.69, 9.17) is 0 Å². The number of halogens is 3. The zero-order chi connectivity index (χ0) is 14.5. The number of carbonyl (C=O) groups excluding carboxylic acids is 1. The molecule has 1 heterocycles. The minimum Gasteiger partial charge on any atom is -0.339 e. The van der Waals surface area contributed by atoms with Gasteiger partial charge in [-0.05, 0) is 37.3 Å². The van der Waals surface area contributed by atoms with Gasteiger partial charge in [-0.1, -0.05) is 22.0 Å². The van der Waals surface area contributed by atoms with Crippen LogP contribution >= 0.6 is 15.9 Å². The zero-order valence-electron chi connectivity index (χ0n) is 11.2. The van der Waals surface area contributed by atoms with Crippen LogP contribution in [0.3, 0.4) is 0 Å². The Morgan fingerprint density at radius 1 is 1.35 bits per heavy atom. The summed E-state index contributed by atoms with van der Waals surface area (Å²) in [5, 5.41) is 0.854. The second kappa shape index (κ2) is 7.16. The van der Waals surface area contributed by atoms with Crippen LogP contribution in [0, 0.1) is 11.6 Å². The van der Waals surface area contributed by atoms with Crippen molar-refractivity contribution in [2.24, 2.45) is 0 Å². The van der Waals surface area contributed by atoms with Crippen LogP contribution in [0.5, 0.6) is 0 Å². The molecule has 0 bridgehead atoms. The van der Waals surface area contributed by atoms with Crippen molar-refractivity contribution >= 4 is 21.8 Å². The van der Waals surface area contributed by atoms with Crippen molar-refractivity contribution in [2.75, 3.05) is 11.9 Å². The lowest BCUT2D eigenvalue weighted by atomic mass is 9.99. The third-order valence-electron chi connectivity index (χ3n) is 3.75. The molecule has 1 fully saturated rings. The van der Waals surface area contributed by atoms with Gasteiger partial charge in [-0.2, -0.15) is 0 Å². The molecule has 1 saturated heterocycles. The first-order valence-corrected chi connectivity index (χ1v) is 8.03. The SMILES string of the molecule is O=C(Cc1ccc(F)cc1F)N1CCCCC1CCBr. The van der Waals surface area contributed by atoms with E-state index in [2.05, 4.69) is 15.9 Å². The van der Waals surface area contributed by atoms with Gasteiger partial charge < -0.3 is 4.90 Å². The van der Waals surface area contributed by atoms with Crippen LogP contribution in [-0.2, 0) is 11.2 Å². The Kier molecular flexibility index (Phi) is 5.52. The largest absolute Gasteiger partial charge is 0.339 e. The fourth-order valence-corrected chi connectivity index (χ4v) is 3.21. The third-order valence-corrected chi connectivity index (χ3v) is 4.20. The van der Waals surface area contributed by atoms with Gasteiger partial charge in [-0.15, -0.1) is 0 Å². The lowest BCUT2D eigenvalue weighted by Crippen LogP contribution is -2.44. The summed E-state index contributed by atoms with van der Waals surface area (Å²) in [6.45, 7) is 0.735. The average Bonchev–Trinajstić information content (AvgIpc) is 2.43. The number of amides is 1. The van der Waals surface area contributed by atoms with Gasteiger partial charge in [-0.3, -0.25) is 4.79 Å². The molecule has 1 unspecified atom stereocenters.